The molecule has 19 heavy (non-hydrogen) atoms. The van der Waals surface area contributed by atoms with Crippen LogP contribution in [0, 0.1) is 0 Å². The smallest absolute Gasteiger partial charge is 0.329 e. The molecule has 0 saturated heterocycles. The first-order valence-electron chi connectivity index (χ1n) is 5.13. The third-order valence-corrected chi connectivity index (χ3v) is 2.48. The van der Waals surface area contributed by atoms with Crippen LogP contribution in [0.4, 0.5) is 0 Å². The van der Waals surface area contributed by atoms with Crippen LogP contribution in [0.15, 0.2) is 22.7 Å². The highest BCUT2D eigenvalue weighted by Crippen LogP contribution is 2.25. The minimum absolute atomic E-state index is 0.0758. The van der Waals surface area contributed by atoms with Crippen molar-refractivity contribution in [2.75, 3.05) is 6.61 Å². The number of aliphatic carboxylic acids is 1. The normalized spacial score (nSPS) is 10.6. The SMILES string of the molecule is O=C(O)COCc1nc(-c2cc(Cl)cc(Cl)c2)no1. The molecule has 0 fully saturated rings. The molecule has 0 spiro atoms. The molecule has 1 heterocycles. The summed E-state index contributed by atoms with van der Waals surface area (Å²) in [5, 5.41) is 13.1. The molecule has 1 aromatic carbocycles. The summed E-state index contributed by atoms with van der Waals surface area (Å²) in [5.74, 6) is -0.591. The number of halogens is 2. The van der Waals surface area contributed by atoms with E-state index in [-0.39, 0.29) is 12.5 Å². The van der Waals surface area contributed by atoms with Gasteiger partial charge in [0, 0.05) is 15.6 Å². The van der Waals surface area contributed by atoms with E-state index in [4.69, 9.17) is 37.6 Å². The number of benzene rings is 1. The van der Waals surface area contributed by atoms with Crippen molar-refractivity contribution >= 4 is 29.2 Å². The fraction of sp³-hybridized carbons (Fsp3) is 0.182. The lowest BCUT2D eigenvalue weighted by Gasteiger charge is -1.97. The van der Waals surface area contributed by atoms with Gasteiger partial charge in [0.2, 0.25) is 5.82 Å². The molecule has 0 aliphatic rings. The second-order valence-corrected chi connectivity index (χ2v) is 4.43. The maximum Gasteiger partial charge on any atom is 0.329 e. The lowest BCUT2D eigenvalue weighted by molar-refractivity contribution is -0.142. The van der Waals surface area contributed by atoms with Crippen LogP contribution in [0.1, 0.15) is 5.89 Å². The lowest BCUT2D eigenvalue weighted by atomic mass is 10.2. The fourth-order valence-electron chi connectivity index (χ4n) is 1.34. The number of carboxylic acid groups (broad SMARTS) is 1. The van der Waals surface area contributed by atoms with Crippen LogP contribution in [0.25, 0.3) is 11.4 Å². The average molecular weight is 303 g/mol. The number of carbonyl (C=O) groups is 1. The third kappa shape index (κ3) is 3.92. The van der Waals surface area contributed by atoms with Crippen LogP contribution >= 0.6 is 23.2 Å². The second kappa shape index (κ2) is 6.01. The number of aromatic nitrogens is 2. The summed E-state index contributed by atoms with van der Waals surface area (Å²) in [6.07, 6.45) is 0. The zero-order valence-corrected chi connectivity index (χ0v) is 11.0. The van der Waals surface area contributed by atoms with Gasteiger partial charge in [0.25, 0.3) is 5.89 Å². The predicted molar refractivity (Wildman–Crippen MR) is 67.0 cm³/mol. The topological polar surface area (TPSA) is 85.5 Å². The monoisotopic (exact) mass is 302 g/mol. The Morgan fingerprint density at radius 1 is 1.32 bits per heavy atom. The van der Waals surface area contributed by atoms with Crippen molar-refractivity contribution in [1.82, 2.24) is 10.1 Å². The third-order valence-electron chi connectivity index (χ3n) is 2.04. The number of hydrogen-bond donors (Lipinski definition) is 1. The Morgan fingerprint density at radius 3 is 2.63 bits per heavy atom. The largest absolute Gasteiger partial charge is 0.480 e. The van der Waals surface area contributed by atoms with Gasteiger partial charge < -0.3 is 14.4 Å². The standard InChI is InChI=1S/C11H8Cl2N2O4/c12-7-1-6(2-8(13)3-7)11-14-9(19-15-11)4-18-5-10(16)17/h1-3H,4-5H2,(H,16,17). The van der Waals surface area contributed by atoms with Crippen molar-refractivity contribution in [3.63, 3.8) is 0 Å². The maximum atomic E-state index is 10.3. The highest BCUT2D eigenvalue weighted by molar-refractivity contribution is 6.35. The van der Waals surface area contributed by atoms with Gasteiger partial charge in [0.05, 0.1) is 0 Å². The van der Waals surface area contributed by atoms with E-state index in [1.54, 1.807) is 18.2 Å². The highest BCUT2D eigenvalue weighted by atomic mass is 35.5. The van der Waals surface area contributed by atoms with Crippen molar-refractivity contribution < 1.29 is 19.2 Å². The minimum Gasteiger partial charge on any atom is -0.480 e. The van der Waals surface area contributed by atoms with E-state index in [0.29, 0.717) is 21.4 Å². The summed E-state index contributed by atoms with van der Waals surface area (Å²) in [6.45, 7) is -0.506. The van der Waals surface area contributed by atoms with Crippen molar-refractivity contribution in [2.45, 2.75) is 6.61 Å². The van der Waals surface area contributed by atoms with Gasteiger partial charge in [-0.3, -0.25) is 0 Å². The van der Waals surface area contributed by atoms with Crippen LogP contribution in [0.5, 0.6) is 0 Å². The molecule has 0 saturated carbocycles. The molecule has 1 N–H and O–H groups in total. The van der Waals surface area contributed by atoms with Gasteiger partial charge in [-0.05, 0) is 18.2 Å². The first-order chi connectivity index (χ1) is 9.04. The summed E-state index contributed by atoms with van der Waals surface area (Å²) >= 11 is 11.7. The molecule has 0 aliphatic carbocycles. The zero-order valence-electron chi connectivity index (χ0n) is 9.47. The summed E-state index contributed by atoms with van der Waals surface area (Å²) in [5.41, 5.74) is 0.603. The molecule has 0 bridgehead atoms. The van der Waals surface area contributed by atoms with E-state index in [0.717, 1.165) is 0 Å². The Morgan fingerprint density at radius 2 is 2.00 bits per heavy atom. The summed E-state index contributed by atoms with van der Waals surface area (Å²) in [4.78, 5) is 14.3. The van der Waals surface area contributed by atoms with Crippen molar-refractivity contribution in [3.05, 3.63) is 34.1 Å². The Hall–Kier alpha value is -1.63. The van der Waals surface area contributed by atoms with E-state index < -0.39 is 12.6 Å². The first kappa shape index (κ1) is 13.8. The number of hydrogen-bond acceptors (Lipinski definition) is 5. The zero-order chi connectivity index (χ0) is 13.8. The second-order valence-electron chi connectivity index (χ2n) is 3.56. The number of nitrogens with zero attached hydrogens (tertiary/aromatic N) is 2. The molecule has 2 rings (SSSR count). The van der Waals surface area contributed by atoms with E-state index in [1.165, 1.54) is 0 Å². The highest BCUT2D eigenvalue weighted by Gasteiger charge is 2.10. The van der Waals surface area contributed by atoms with Gasteiger partial charge in [0.1, 0.15) is 13.2 Å². The van der Waals surface area contributed by atoms with Gasteiger partial charge in [-0.2, -0.15) is 4.98 Å². The van der Waals surface area contributed by atoms with Crippen LogP contribution < -0.4 is 0 Å². The predicted octanol–water partition coefficient (Wildman–Crippen LogP) is 2.64. The molecule has 0 atom stereocenters. The number of carboxylic acids is 1. The fourth-order valence-corrected chi connectivity index (χ4v) is 1.87. The van der Waals surface area contributed by atoms with Gasteiger partial charge in [0.15, 0.2) is 0 Å². The number of ether oxygens (including phenoxy) is 1. The lowest BCUT2D eigenvalue weighted by Crippen LogP contribution is -2.06. The van der Waals surface area contributed by atoms with Crippen molar-refractivity contribution in [2.24, 2.45) is 0 Å². The molecular weight excluding hydrogens is 295 g/mol. The molecule has 0 amide bonds. The molecule has 1 aromatic heterocycles. The molecule has 0 radical (unpaired) electrons. The summed E-state index contributed by atoms with van der Waals surface area (Å²) < 4.78 is 9.75. The molecule has 0 unspecified atom stereocenters. The Balaban J connectivity index is 2.09. The molecule has 8 heteroatoms. The van der Waals surface area contributed by atoms with E-state index in [2.05, 4.69) is 10.1 Å². The molecule has 0 aliphatic heterocycles. The van der Waals surface area contributed by atoms with Crippen LogP contribution in [0.3, 0.4) is 0 Å². The quantitative estimate of drug-likeness (QED) is 0.914. The van der Waals surface area contributed by atoms with E-state index in [9.17, 15) is 4.79 Å². The Kier molecular flexibility index (Phi) is 4.36. The average Bonchev–Trinajstić information content (AvgIpc) is 2.76. The molecule has 2 aromatic rings. The Bertz CT molecular complexity index is 580. The number of rotatable bonds is 5. The van der Waals surface area contributed by atoms with Gasteiger partial charge in [-0.15, -0.1) is 0 Å². The van der Waals surface area contributed by atoms with Gasteiger partial charge in [-0.1, -0.05) is 28.4 Å². The van der Waals surface area contributed by atoms with E-state index in [1.807, 2.05) is 0 Å². The Labute approximate surface area is 117 Å². The van der Waals surface area contributed by atoms with Crippen molar-refractivity contribution in [3.8, 4) is 11.4 Å². The molecule has 100 valence electrons. The maximum absolute atomic E-state index is 10.3. The van der Waals surface area contributed by atoms with E-state index >= 15 is 0 Å². The summed E-state index contributed by atoms with van der Waals surface area (Å²) in [6, 6.07) is 4.87. The van der Waals surface area contributed by atoms with Crippen LogP contribution in [-0.2, 0) is 16.1 Å². The van der Waals surface area contributed by atoms with Gasteiger partial charge >= 0.3 is 5.97 Å². The molecule has 6 nitrogen and oxygen atoms in total. The minimum atomic E-state index is -1.07. The van der Waals surface area contributed by atoms with Crippen molar-refractivity contribution in [1.29, 1.82) is 0 Å². The van der Waals surface area contributed by atoms with Crippen LogP contribution in [0.2, 0.25) is 10.0 Å². The first-order valence-corrected chi connectivity index (χ1v) is 5.89. The van der Waals surface area contributed by atoms with Gasteiger partial charge in [-0.25, -0.2) is 4.79 Å². The summed E-state index contributed by atoms with van der Waals surface area (Å²) in [7, 11) is 0. The molecular formula is C11H8Cl2N2O4. The van der Waals surface area contributed by atoms with Crippen LogP contribution in [-0.4, -0.2) is 27.8 Å².